The van der Waals surface area contributed by atoms with E-state index in [1.165, 1.54) is 25.3 Å². The zero-order valence-corrected chi connectivity index (χ0v) is 9.32. The molecule has 2 rings (SSSR count). The summed E-state index contributed by atoms with van der Waals surface area (Å²) in [4.78, 5) is 0. The molecule has 0 heterocycles. The first kappa shape index (κ1) is 11.4. The minimum absolute atomic E-state index is 0.0444. The minimum Gasteiger partial charge on any atom is -0.508 e. The molecule has 0 amide bonds. The number of phenols is 1. The van der Waals surface area contributed by atoms with Crippen LogP contribution in [0, 0.1) is 11.7 Å². The SMILES string of the molecule is N[C@H](c1ccc(O)cc1F)C1CCCCC1. The van der Waals surface area contributed by atoms with Gasteiger partial charge in [-0.1, -0.05) is 25.3 Å². The van der Waals surface area contributed by atoms with E-state index in [4.69, 9.17) is 10.8 Å². The topological polar surface area (TPSA) is 46.2 Å². The molecule has 1 aromatic carbocycles. The molecule has 0 aliphatic heterocycles. The fourth-order valence-electron chi connectivity index (χ4n) is 2.53. The fraction of sp³-hybridized carbons (Fsp3) is 0.538. The third kappa shape index (κ3) is 2.35. The Morgan fingerprint density at radius 2 is 1.94 bits per heavy atom. The Kier molecular flexibility index (Phi) is 3.44. The Hall–Kier alpha value is -1.09. The van der Waals surface area contributed by atoms with Crippen LogP contribution in [0.25, 0.3) is 0 Å². The predicted octanol–water partition coefficient (Wildman–Crippen LogP) is 3.11. The van der Waals surface area contributed by atoms with E-state index in [9.17, 15) is 4.39 Å². The maximum Gasteiger partial charge on any atom is 0.131 e. The lowest BCUT2D eigenvalue weighted by Gasteiger charge is -2.27. The number of halogens is 1. The van der Waals surface area contributed by atoms with E-state index < -0.39 is 5.82 Å². The second-order valence-corrected chi connectivity index (χ2v) is 4.63. The lowest BCUT2D eigenvalue weighted by Crippen LogP contribution is -2.24. The highest BCUT2D eigenvalue weighted by molar-refractivity contribution is 5.30. The summed E-state index contributed by atoms with van der Waals surface area (Å²) >= 11 is 0. The normalized spacial score (nSPS) is 19.6. The molecule has 16 heavy (non-hydrogen) atoms. The minimum atomic E-state index is -0.391. The highest BCUT2D eigenvalue weighted by Crippen LogP contribution is 2.34. The zero-order chi connectivity index (χ0) is 11.5. The molecule has 1 saturated carbocycles. The van der Waals surface area contributed by atoms with Gasteiger partial charge in [-0.2, -0.15) is 0 Å². The Morgan fingerprint density at radius 3 is 2.56 bits per heavy atom. The van der Waals surface area contributed by atoms with Gasteiger partial charge in [-0.25, -0.2) is 4.39 Å². The average molecular weight is 223 g/mol. The van der Waals surface area contributed by atoms with Crippen molar-refractivity contribution < 1.29 is 9.50 Å². The van der Waals surface area contributed by atoms with Crippen molar-refractivity contribution in [1.82, 2.24) is 0 Å². The first-order chi connectivity index (χ1) is 7.68. The Bertz CT molecular complexity index is 361. The molecule has 1 aliphatic carbocycles. The Balaban J connectivity index is 2.15. The van der Waals surface area contributed by atoms with Gasteiger partial charge in [0.1, 0.15) is 11.6 Å². The van der Waals surface area contributed by atoms with Gasteiger partial charge in [0.15, 0.2) is 0 Å². The van der Waals surface area contributed by atoms with Crippen molar-refractivity contribution in [2.24, 2.45) is 11.7 Å². The maximum atomic E-state index is 13.6. The van der Waals surface area contributed by atoms with Crippen LogP contribution in [0.4, 0.5) is 4.39 Å². The van der Waals surface area contributed by atoms with Crippen LogP contribution in [0.2, 0.25) is 0 Å². The van der Waals surface area contributed by atoms with Gasteiger partial charge in [-0.3, -0.25) is 0 Å². The highest BCUT2D eigenvalue weighted by atomic mass is 19.1. The molecule has 3 N–H and O–H groups in total. The van der Waals surface area contributed by atoms with Gasteiger partial charge in [0.2, 0.25) is 0 Å². The third-order valence-electron chi connectivity index (χ3n) is 3.50. The van der Waals surface area contributed by atoms with Crippen LogP contribution in [0.5, 0.6) is 5.75 Å². The second-order valence-electron chi connectivity index (χ2n) is 4.63. The molecule has 0 radical (unpaired) electrons. The van der Waals surface area contributed by atoms with E-state index in [1.54, 1.807) is 6.07 Å². The van der Waals surface area contributed by atoms with Crippen LogP contribution < -0.4 is 5.73 Å². The quantitative estimate of drug-likeness (QED) is 0.809. The number of nitrogens with two attached hydrogens (primary N) is 1. The van der Waals surface area contributed by atoms with Gasteiger partial charge in [-0.15, -0.1) is 0 Å². The van der Waals surface area contributed by atoms with Gasteiger partial charge < -0.3 is 10.8 Å². The number of phenolic OH excluding ortho intramolecular Hbond substituents is 1. The number of benzene rings is 1. The molecular weight excluding hydrogens is 205 g/mol. The number of rotatable bonds is 2. The summed E-state index contributed by atoms with van der Waals surface area (Å²) in [6.07, 6.45) is 5.82. The summed E-state index contributed by atoms with van der Waals surface area (Å²) in [7, 11) is 0. The van der Waals surface area contributed by atoms with Crippen molar-refractivity contribution >= 4 is 0 Å². The summed E-state index contributed by atoms with van der Waals surface area (Å²) in [6, 6.07) is 4.00. The summed E-state index contributed by atoms with van der Waals surface area (Å²) in [6.45, 7) is 0. The van der Waals surface area contributed by atoms with Gasteiger partial charge in [-0.05, 0) is 24.8 Å². The van der Waals surface area contributed by atoms with Crippen LogP contribution in [-0.4, -0.2) is 5.11 Å². The van der Waals surface area contributed by atoms with E-state index in [1.807, 2.05) is 0 Å². The van der Waals surface area contributed by atoms with E-state index in [0.29, 0.717) is 11.5 Å². The molecule has 2 nitrogen and oxygen atoms in total. The lowest BCUT2D eigenvalue weighted by molar-refractivity contribution is 0.303. The van der Waals surface area contributed by atoms with Crippen LogP contribution >= 0.6 is 0 Å². The van der Waals surface area contributed by atoms with Gasteiger partial charge in [0, 0.05) is 17.7 Å². The Morgan fingerprint density at radius 1 is 1.25 bits per heavy atom. The summed E-state index contributed by atoms with van der Waals surface area (Å²) < 4.78 is 13.6. The van der Waals surface area contributed by atoms with Crippen molar-refractivity contribution in [3.05, 3.63) is 29.6 Å². The highest BCUT2D eigenvalue weighted by Gasteiger charge is 2.23. The lowest BCUT2D eigenvalue weighted by atomic mass is 9.81. The van der Waals surface area contributed by atoms with E-state index in [0.717, 1.165) is 18.9 Å². The molecular formula is C13H18FNO. The number of hydrogen-bond donors (Lipinski definition) is 2. The van der Waals surface area contributed by atoms with E-state index in [2.05, 4.69) is 0 Å². The van der Waals surface area contributed by atoms with E-state index in [-0.39, 0.29) is 11.8 Å². The number of aromatic hydroxyl groups is 1. The standard InChI is InChI=1S/C13H18FNO/c14-12-8-10(16)6-7-11(12)13(15)9-4-2-1-3-5-9/h6-9,13,16H,1-5,15H2/t13-/m0/s1. The van der Waals surface area contributed by atoms with Gasteiger partial charge in [0.25, 0.3) is 0 Å². The second kappa shape index (κ2) is 4.83. The van der Waals surface area contributed by atoms with Crippen molar-refractivity contribution in [1.29, 1.82) is 0 Å². The molecule has 1 fully saturated rings. The molecule has 1 atom stereocenters. The van der Waals surface area contributed by atoms with Crippen LogP contribution in [-0.2, 0) is 0 Å². The maximum absolute atomic E-state index is 13.6. The molecule has 1 aliphatic rings. The van der Waals surface area contributed by atoms with Gasteiger partial charge >= 0.3 is 0 Å². The predicted molar refractivity (Wildman–Crippen MR) is 61.6 cm³/mol. The Labute approximate surface area is 95.3 Å². The van der Waals surface area contributed by atoms with Crippen molar-refractivity contribution in [3.63, 3.8) is 0 Å². The largest absolute Gasteiger partial charge is 0.508 e. The molecule has 88 valence electrons. The molecule has 0 saturated heterocycles. The first-order valence-electron chi connectivity index (χ1n) is 5.92. The summed E-state index contributed by atoms with van der Waals surface area (Å²) in [5.74, 6) is -0.0528. The monoisotopic (exact) mass is 223 g/mol. The van der Waals surface area contributed by atoms with Crippen LogP contribution in [0.15, 0.2) is 18.2 Å². The molecule has 1 aromatic rings. The molecule has 0 unspecified atom stereocenters. The fourth-order valence-corrected chi connectivity index (χ4v) is 2.53. The van der Waals surface area contributed by atoms with Crippen LogP contribution in [0.1, 0.15) is 43.7 Å². The molecule has 0 bridgehead atoms. The van der Waals surface area contributed by atoms with Crippen molar-refractivity contribution in [2.45, 2.75) is 38.1 Å². The van der Waals surface area contributed by atoms with E-state index >= 15 is 0 Å². The summed E-state index contributed by atoms with van der Waals surface area (Å²) in [5.41, 5.74) is 6.63. The van der Waals surface area contributed by atoms with Crippen molar-refractivity contribution in [3.8, 4) is 5.75 Å². The van der Waals surface area contributed by atoms with Crippen molar-refractivity contribution in [2.75, 3.05) is 0 Å². The molecule has 0 spiro atoms. The molecule has 3 heteroatoms. The smallest absolute Gasteiger partial charge is 0.131 e. The summed E-state index contributed by atoms with van der Waals surface area (Å²) in [5, 5.41) is 9.15. The zero-order valence-electron chi connectivity index (χ0n) is 9.32. The van der Waals surface area contributed by atoms with Gasteiger partial charge in [0.05, 0.1) is 0 Å². The van der Waals surface area contributed by atoms with Crippen LogP contribution in [0.3, 0.4) is 0 Å². The average Bonchev–Trinajstić information content (AvgIpc) is 2.29. The number of hydrogen-bond acceptors (Lipinski definition) is 2. The first-order valence-corrected chi connectivity index (χ1v) is 5.92. The molecule has 0 aromatic heterocycles. The third-order valence-corrected chi connectivity index (χ3v) is 3.50.